The normalized spacial score (nSPS) is 10.8. The van der Waals surface area contributed by atoms with Gasteiger partial charge in [-0.05, 0) is 80.0 Å². The first-order valence-corrected chi connectivity index (χ1v) is 13.9. The molecule has 4 heteroatoms. The predicted molar refractivity (Wildman–Crippen MR) is 147 cm³/mol. The maximum absolute atomic E-state index is 11.2. The summed E-state index contributed by atoms with van der Waals surface area (Å²) in [5.41, 5.74) is 5.50. The molecule has 0 radical (unpaired) electrons. The number of hydrogen-bond acceptors (Lipinski definition) is 4. The van der Waals surface area contributed by atoms with E-state index in [1.54, 1.807) is 0 Å². The summed E-state index contributed by atoms with van der Waals surface area (Å²) in [5, 5.41) is 0. The molecule has 2 aromatic carbocycles. The molecule has 0 aliphatic carbocycles. The van der Waals surface area contributed by atoms with Crippen LogP contribution in [0.25, 0.3) is 0 Å². The fourth-order valence-corrected chi connectivity index (χ4v) is 4.53. The number of methoxy groups -OCH3 is 2. The Hall–Kier alpha value is -2.62. The highest BCUT2D eigenvalue weighted by Crippen LogP contribution is 2.15. The van der Waals surface area contributed by atoms with Gasteiger partial charge in [0.25, 0.3) is 0 Å². The largest absolute Gasteiger partial charge is 0.469 e. The van der Waals surface area contributed by atoms with Gasteiger partial charge in [0.05, 0.1) is 14.2 Å². The van der Waals surface area contributed by atoms with E-state index in [1.165, 1.54) is 87.8 Å². The lowest BCUT2D eigenvalue weighted by molar-refractivity contribution is -0.141. The lowest BCUT2D eigenvalue weighted by Crippen LogP contribution is -2.00. The van der Waals surface area contributed by atoms with Crippen LogP contribution in [0.4, 0.5) is 0 Å². The topological polar surface area (TPSA) is 52.6 Å². The van der Waals surface area contributed by atoms with Gasteiger partial charge in [-0.15, -0.1) is 0 Å². The number of aryl methyl sites for hydroxylation is 4. The average Bonchev–Trinajstić information content (AvgIpc) is 2.91. The fraction of sp³-hybridized carbons (Fsp3) is 0.562. The van der Waals surface area contributed by atoms with E-state index in [0.717, 1.165) is 38.5 Å². The van der Waals surface area contributed by atoms with Gasteiger partial charge in [-0.3, -0.25) is 9.59 Å². The van der Waals surface area contributed by atoms with Crippen molar-refractivity contribution in [2.45, 2.75) is 103 Å². The van der Waals surface area contributed by atoms with Gasteiger partial charge in [0.15, 0.2) is 0 Å². The van der Waals surface area contributed by atoms with Crippen molar-refractivity contribution in [2.24, 2.45) is 0 Å². The molecule has 36 heavy (non-hydrogen) atoms. The van der Waals surface area contributed by atoms with Crippen LogP contribution in [0.1, 0.15) is 99.3 Å². The zero-order chi connectivity index (χ0) is 25.8. The maximum atomic E-state index is 11.2. The van der Waals surface area contributed by atoms with E-state index in [0.29, 0.717) is 12.8 Å². The molecule has 0 amide bonds. The molecule has 0 N–H and O–H groups in total. The molecule has 0 atom stereocenters. The second-order valence-electron chi connectivity index (χ2n) is 9.82. The van der Waals surface area contributed by atoms with Gasteiger partial charge in [-0.2, -0.15) is 0 Å². The highest BCUT2D eigenvalue weighted by Gasteiger charge is 2.02. The number of rotatable bonds is 19. The summed E-state index contributed by atoms with van der Waals surface area (Å²) in [5.74, 6) is -0.239. The highest BCUT2D eigenvalue weighted by atomic mass is 16.5. The third-order valence-corrected chi connectivity index (χ3v) is 6.87. The zero-order valence-electron chi connectivity index (χ0n) is 22.6. The molecule has 4 nitrogen and oxygen atoms in total. The van der Waals surface area contributed by atoms with Crippen LogP contribution in [0.15, 0.2) is 48.5 Å². The Labute approximate surface area is 218 Å². The molecule has 0 spiro atoms. The first kappa shape index (κ1) is 29.6. The lowest BCUT2D eigenvalue weighted by Gasteiger charge is -2.06. The molecule has 0 aliphatic rings. The Balaban J connectivity index is 1.44. The number of esters is 2. The van der Waals surface area contributed by atoms with Crippen LogP contribution >= 0.6 is 0 Å². The third-order valence-electron chi connectivity index (χ3n) is 6.87. The average molecular weight is 495 g/mol. The van der Waals surface area contributed by atoms with Crippen LogP contribution in [0.5, 0.6) is 0 Å². The van der Waals surface area contributed by atoms with Crippen molar-refractivity contribution >= 4 is 11.9 Å². The van der Waals surface area contributed by atoms with Crippen molar-refractivity contribution in [2.75, 3.05) is 14.2 Å². The van der Waals surface area contributed by atoms with Crippen molar-refractivity contribution in [1.29, 1.82) is 0 Å². The lowest BCUT2D eigenvalue weighted by atomic mass is 10.0. The van der Waals surface area contributed by atoms with E-state index in [9.17, 15) is 9.59 Å². The van der Waals surface area contributed by atoms with E-state index in [-0.39, 0.29) is 11.9 Å². The van der Waals surface area contributed by atoms with Gasteiger partial charge in [0.1, 0.15) is 0 Å². The van der Waals surface area contributed by atoms with Crippen LogP contribution in [0.3, 0.4) is 0 Å². The molecule has 0 aliphatic heterocycles. The SMILES string of the molecule is COC(=O)CCCCc1ccc(CCCCCCCCCc2ccc(CCCC(=O)OC)cc2)cc1. The Kier molecular flexibility index (Phi) is 15.3. The second-order valence-corrected chi connectivity index (χ2v) is 9.82. The Morgan fingerprint density at radius 2 is 0.722 bits per heavy atom. The summed E-state index contributed by atoms with van der Waals surface area (Å²) in [6, 6.07) is 17.9. The molecular weight excluding hydrogens is 448 g/mol. The smallest absolute Gasteiger partial charge is 0.305 e. The molecule has 0 bridgehead atoms. The van der Waals surface area contributed by atoms with Gasteiger partial charge in [0, 0.05) is 12.8 Å². The highest BCUT2D eigenvalue weighted by molar-refractivity contribution is 5.69. The van der Waals surface area contributed by atoms with Crippen LogP contribution in [-0.2, 0) is 44.7 Å². The minimum atomic E-state index is -0.126. The third kappa shape index (κ3) is 13.5. The molecule has 0 fully saturated rings. The number of benzene rings is 2. The quantitative estimate of drug-likeness (QED) is 0.149. The van der Waals surface area contributed by atoms with Crippen LogP contribution < -0.4 is 0 Å². The van der Waals surface area contributed by atoms with Crippen molar-refractivity contribution < 1.29 is 19.1 Å². The number of hydrogen-bond donors (Lipinski definition) is 0. The number of ether oxygens (including phenoxy) is 2. The van der Waals surface area contributed by atoms with E-state index in [1.807, 2.05) is 0 Å². The molecule has 0 saturated carbocycles. The first-order valence-electron chi connectivity index (χ1n) is 13.9. The summed E-state index contributed by atoms with van der Waals surface area (Å²) in [6.45, 7) is 0. The van der Waals surface area contributed by atoms with Gasteiger partial charge < -0.3 is 9.47 Å². The summed E-state index contributed by atoms with van der Waals surface area (Å²) in [7, 11) is 2.89. The molecule has 0 saturated heterocycles. The Morgan fingerprint density at radius 1 is 0.444 bits per heavy atom. The van der Waals surface area contributed by atoms with Gasteiger partial charge in [-0.1, -0.05) is 80.6 Å². The van der Waals surface area contributed by atoms with E-state index < -0.39 is 0 Å². The molecule has 0 heterocycles. The van der Waals surface area contributed by atoms with E-state index >= 15 is 0 Å². The van der Waals surface area contributed by atoms with Crippen molar-refractivity contribution in [1.82, 2.24) is 0 Å². The number of carbonyl (C=O) groups excluding carboxylic acids is 2. The van der Waals surface area contributed by atoms with E-state index in [4.69, 9.17) is 4.74 Å². The van der Waals surface area contributed by atoms with Crippen LogP contribution in [-0.4, -0.2) is 26.2 Å². The molecular formula is C32H46O4. The number of carbonyl (C=O) groups is 2. The first-order chi connectivity index (χ1) is 17.6. The van der Waals surface area contributed by atoms with Crippen molar-refractivity contribution in [3.8, 4) is 0 Å². The van der Waals surface area contributed by atoms with Crippen molar-refractivity contribution in [3.05, 3.63) is 70.8 Å². The summed E-state index contributed by atoms with van der Waals surface area (Å²) < 4.78 is 9.38. The van der Waals surface area contributed by atoms with E-state index in [2.05, 4.69) is 53.3 Å². The van der Waals surface area contributed by atoms with Gasteiger partial charge in [0.2, 0.25) is 0 Å². The molecule has 2 rings (SSSR count). The standard InChI is InChI=1S/C32H46O4/c1-35-31(33)17-11-10-15-29-21-19-27(20-22-29)13-8-6-4-3-5-7-9-14-28-23-25-30(26-24-28)16-12-18-32(34)36-2/h19-26H,3-18H2,1-2H3. The second kappa shape index (κ2) is 18.6. The van der Waals surface area contributed by atoms with Crippen LogP contribution in [0, 0.1) is 0 Å². The molecule has 198 valence electrons. The zero-order valence-corrected chi connectivity index (χ0v) is 22.6. The summed E-state index contributed by atoms with van der Waals surface area (Å²) in [6.07, 6.45) is 17.2. The summed E-state index contributed by atoms with van der Waals surface area (Å²) >= 11 is 0. The minimum absolute atomic E-state index is 0.113. The monoisotopic (exact) mass is 494 g/mol. The predicted octanol–water partition coefficient (Wildman–Crippen LogP) is 7.58. The summed E-state index contributed by atoms with van der Waals surface area (Å²) in [4.78, 5) is 22.3. The number of unbranched alkanes of at least 4 members (excludes halogenated alkanes) is 7. The van der Waals surface area contributed by atoms with Gasteiger partial charge >= 0.3 is 11.9 Å². The van der Waals surface area contributed by atoms with Crippen LogP contribution in [0.2, 0.25) is 0 Å². The Bertz CT molecular complexity index is 855. The van der Waals surface area contributed by atoms with Crippen molar-refractivity contribution in [3.63, 3.8) is 0 Å². The van der Waals surface area contributed by atoms with Gasteiger partial charge in [-0.25, -0.2) is 0 Å². The molecule has 0 aromatic heterocycles. The molecule has 0 unspecified atom stereocenters. The Morgan fingerprint density at radius 3 is 1.08 bits per heavy atom. The maximum Gasteiger partial charge on any atom is 0.305 e. The minimum Gasteiger partial charge on any atom is -0.469 e. The fourth-order valence-electron chi connectivity index (χ4n) is 4.53. The molecule has 2 aromatic rings.